The average molecular weight is 302 g/mol. The third-order valence-electron chi connectivity index (χ3n) is 8.12. The van der Waals surface area contributed by atoms with Crippen molar-refractivity contribution < 1.29 is 10.2 Å². The summed E-state index contributed by atoms with van der Waals surface area (Å²) in [5, 5.41) is 20.8. The Morgan fingerprint density at radius 1 is 1.05 bits per heavy atom. The molecular weight excluding hydrogens is 272 g/mol. The quantitative estimate of drug-likeness (QED) is 0.714. The fraction of sp³-hybridized carbons (Fsp3) is 0.800. The van der Waals surface area contributed by atoms with Gasteiger partial charge in [0.1, 0.15) is 0 Å². The first-order valence-electron chi connectivity index (χ1n) is 9.14. The van der Waals surface area contributed by atoms with Gasteiger partial charge in [0, 0.05) is 11.8 Å². The zero-order chi connectivity index (χ0) is 15.7. The number of aliphatic hydroxyl groups excluding tert-OH is 2. The van der Waals surface area contributed by atoms with Crippen molar-refractivity contribution in [3.63, 3.8) is 0 Å². The van der Waals surface area contributed by atoms with E-state index in [1.54, 1.807) is 5.57 Å². The van der Waals surface area contributed by atoms with E-state index in [0.29, 0.717) is 23.7 Å². The van der Waals surface area contributed by atoms with Crippen LogP contribution in [0.4, 0.5) is 0 Å². The van der Waals surface area contributed by atoms with Crippen molar-refractivity contribution in [3.8, 4) is 0 Å². The molecule has 0 saturated heterocycles. The summed E-state index contributed by atoms with van der Waals surface area (Å²) < 4.78 is 0. The Labute approximate surface area is 134 Å². The number of hydrogen-bond acceptors (Lipinski definition) is 2. The Kier molecular flexibility index (Phi) is 3.20. The molecule has 0 aliphatic heterocycles. The number of fused-ring (bicyclic) bond motifs is 5. The predicted octanol–water partition coefficient (Wildman–Crippen LogP) is 3.84. The summed E-state index contributed by atoms with van der Waals surface area (Å²) in [4.78, 5) is 0. The lowest BCUT2D eigenvalue weighted by Crippen LogP contribution is -2.52. The van der Waals surface area contributed by atoms with Gasteiger partial charge < -0.3 is 10.2 Å². The molecular formula is C20H30O2. The number of aliphatic hydroxyl groups is 2. The van der Waals surface area contributed by atoms with E-state index in [-0.39, 0.29) is 11.5 Å². The van der Waals surface area contributed by atoms with E-state index in [1.807, 2.05) is 0 Å². The molecule has 0 bridgehead atoms. The fourth-order valence-corrected chi connectivity index (χ4v) is 6.30. The van der Waals surface area contributed by atoms with Crippen LogP contribution in [0.3, 0.4) is 0 Å². The SMILES string of the molecule is CC1CCC2C3=CC=C4CC(O)CC(O)C4(C)C3CCC12C. The van der Waals surface area contributed by atoms with Crippen molar-refractivity contribution in [2.24, 2.45) is 28.6 Å². The van der Waals surface area contributed by atoms with Gasteiger partial charge in [-0.2, -0.15) is 0 Å². The van der Waals surface area contributed by atoms with Crippen LogP contribution in [0.25, 0.3) is 0 Å². The summed E-state index contributed by atoms with van der Waals surface area (Å²) in [5.41, 5.74) is 3.21. The van der Waals surface area contributed by atoms with Crippen molar-refractivity contribution in [3.05, 3.63) is 23.3 Å². The molecule has 2 heteroatoms. The Hall–Kier alpha value is -0.600. The molecule has 0 aromatic carbocycles. The zero-order valence-corrected chi connectivity index (χ0v) is 14.2. The minimum absolute atomic E-state index is 0.142. The van der Waals surface area contributed by atoms with Gasteiger partial charge in [-0.3, -0.25) is 0 Å². The Balaban J connectivity index is 1.76. The fourth-order valence-electron chi connectivity index (χ4n) is 6.30. The molecule has 0 amide bonds. The summed E-state index contributed by atoms with van der Waals surface area (Å²) >= 11 is 0. The Morgan fingerprint density at radius 2 is 1.82 bits per heavy atom. The number of rotatable bonds is 0. The molecule has 122 valence electrons. The van der Waals surface area contributed by atoms with Crippen LogP contribution in [0.5, 0.6) is 0 Å². The van der Waals surface area contributed by atoms with E-state index in [4.69, 9.17) is 0 Å². The van der Waals surface area contributed by atoms with Crippen molar-refractivity contribution >= 4 is 0 Å². The molecule has 4 aliphatic rings. The minimum atomic E-state index is -0.403. The highest BCUT2D eigenvalue weighted by Crippen LogP contribution is 2.64. The topological polar surface area (TPSA) is 40.5 Å². The van der Waals surface area contributed by atoms with Gasteiger partial charge >= 0.3 is 0 Å². The molecule has 7 atom stereocenters. The molecule has 0 spiro atoms. The molecule has 0 heterocycles. The van der Waals surface area contributed by atoms with E-state index in [2.05, 4.69) is 32.9 Å². The lowest BCUT2D eigenvalue weighted by molar-refractivity contribution is -0.0522. The molecule has 4 rings (SSSR count). The molecule has 4 aliphatic carbocycles. The third-order valence-corrected chi connectivity index (χ3v) is 8.12. The van der Waals surface area contributed by atoms with Crippen LogP contribution in [-0.4, -0.2) is 22.4 Å². The van der Waals surface area contributed by atoms with Gasteiger partial charge in [-0.25, -0.2) is 0 Å². The van der Waals surface area contributed by atoms with E-state index in [1.165, 1.54) is 31.3 Å². The second-order valence-corrected chi connectivity index (χ2v) is 8.88. The normalized spacial score (nSPS) is 54.0. The summed E-state index contributed by atoms with van der Waals surface area (Å²) in [6, 6.07) is 0. The maximum atomic E-state index is 10.8. The van der Waals surface area contributed by atoms with Crippen LogP contribution in [0.2, 0.25) is 0 Å². The van der Waals surface area contributed by atoms with Crippen molar-refractivity contribution in [2.45, 2.75) is 71.5 Å². The molecule has 7 unspecified atom stereocenters. The van der Waals surface area contributed by atoms with Crippen LogP contribution in [0.15, 0.2) is 23.3 Å². The molecule has 2 nitrogen and oxygen atoms in total. The summed E-state index contributed by atoms with van der Waals surface area (Å²) in [5.74, 6) is 2.00. The number of allylic oxidation sites excluding steroid dienone is 3. The van der Waals surface area contributed by atoms with Crippen molar-refractivity contribution in [1.82, 2.24) is 0 Å². The summed E-state index contributed by atoms with van der Waals surface area (Å²) in [6.45, 7) is 7.18. The highest BCUT2D eigenvalue weighted by Gasteiger charge is 2.57. The first-order chi connectivity index (χ1) is 10.4. The average Bonchev–Trinajstić information content (AvgIpc) is 2.77. The third kappa shape index (κ3) is 1.74. The molecule has 3 saturated carbocycles. The second kappa shape index (κ2) is 4.70. The standard InChI is InChI=1S/C20H30O2/c1-12-4-7-16-15-6-5-13-10-14(21)11-18(22)20(13,3)17(15)8-9-19(12,16)2/h5-6,12,14,16-18,21-22H,4,7-11H2,1-3H3. The molecule has 2 N–H and O–H groups in total. The van der Waals surface area contributed by atoms with Crippen LogP contribution in [-0.2, 0) is 0 Å². The van der Waals surface area contributed by atoms with Gasteiger partial charge in [0.25, 0.3) is 0 Å². The van der Waals surface area contributed by atoms with Crippen LogP contribution in [0, 0.1) is 28.6 Å². The van der Waals surface area contributed by atoms with E-state index >= 15 is 0 Å². The van der Waals surface area contributed by atoms with Crippen LogP contribution in [0.1, 0.15) is 59.3 Å². The van der Waals surface area contributed by atoms with Gasteiger partial charge in [0.2, 0.25) is 0 Å². The smallest absolute Gasteiger partial charge is 0.0661 e. The monoisotopic (exact) mass is 302 g/mol. The first kappa shape index (κ1) is 15.0. The summed E-state index contributed by atoms with van der Waals surface area (Å²) in [7, 11) is 0. The number of hydrogen-bond donors (Lipinski definition) is 2. The van der Waals surface area contributed by atoms with E-state index in [9.17, 15) is 10.2 Å². The lowest BCUT2D eigenvalue weighted by atomic mass is 9.50. The molecule has 0 aromatic rings. The molecule has 0 aromatic heterocycles. The molecule has 3 fully saturated rings. The second-order valence-electron chi connectivity index (χ2n) is 8.88. The molecule has 0 radical (unpaired) electrons. The van der Waals surface area contributed by atoms with Crippen LogP contribution >= 0.6 is 0 Å². The van der Waals surface area contributed by atoms with Gasteiger partial charge in [-0.1, -0.05) is 44.1 Å². The highest BCUT2D eigenvalue weighted by atomic mass is 16.3. The predicted molar refractivity (Wildman–Crippen MR) is 88.2 cm³/mol. The van der Waals surface area contributed by atoms with Crippen molar-refractivity contribution in [2.75, 3.05) is 0 Å². The maximum absolute atomic E-state index is 10.8. The highest BCUT2D eigenvalue weighted by molar-refractivity contribution is 5.39. The zero-order valence-electron chi connectivity index (χ0n) is 14.2. The summed E-state index contributed by atoms with van der Waals surface area (Å²) in [6.07, 6.45) is 10.3. The molecule has 22 heavy (non-hydrogen) atoms. The van der Waals surface area contributed by atoms with Gasteiger partial charge in [-0.05, 0) is 55.3 Å². The van der Waals surface area contributed by atoms with Crippen molar-refractivity contribution in [1.29, 1.82) is 0 Å². The lowest BCUT2D eigenvalue weighted by Gasteiger charge is -2.56. The van der Waals surface area contributed by atoms with Crippen LogP contribution < -0.4 is 0 Å². The van der Waals surface area contributed by atoms with Gasteiger partial charge in [0.15, 0.2) is 0 Å². The minimum Gasteiger partial charge on any atom is -0.393 e. The Morgan fingerprint density at radius 3 is 2.59 bits per heavy atom. The maximum Gasteiger partial charge on any atom is 0.0661 e. The van der Waals surface area contributed by atoms with Gasteiger partial charge in [-0.15, -0.1) is 0 Å². The largest absolute Gasteiger partial charge is 0.393 e. The first-order valence-corrected chi connectivity index (χ1v) is 9.14. The van der Waals surface area contributed by atoms with E-state index < -0.39 is 6.10 Å². The van der Waals surface area contributed by atoms with E-state index in [0.717, 1.165) is 12.3 Å². The Bertz CT molecular complexity index is 548. The van der Waals surface area contributed by atoms with Gasteiger partial charge in [0.05, 0.1) is 12.2 Å².